The van der Waals surface area contributed by atoms with Crippen LogP contribution in [0.25, 0.3) is 126 Å². The highest BCUT2D eigenvalue weighted by atomic mass is 32.1. The number of aromatic nitrogens is 3. The van der Waals surface area contributed by atoms with Gasteiger partial charge in [0, 0.05) is 42.1 Å². The van der Waals surface area contributed by atoms with E-state index >= 15 is 0 Å². The van der Waals surface area contributed by atoms with Gasteiger partial charge in [0.25, 0.3) is 0 Å². The highest BCUT2D eigenvalue weighted by Crippen LogP contribution is 2.43. The summed E-state index contributed by atoms with van der Waals surface area (Å²) in [6.45, 7) is 0. The maximum Gasteiger partial charge on any atom is 0.235 e. The minimum atomic E-state index is 0.625. The van der Waals surface area contributed by atoms with Crippen molar-refractivity contribution in [2.75, 3.05) is 0 Å². The minimum absolute atomic E-state index is 0.625. The second kappa shape index (κ2) is 16.6. The van der Waals surface area contributed by atoms with Crippen molar-refractivity contribution in [3.05, 3.63) is 249 Å². The van der Waals surface area contributed by atoms with Crippen LogP contribution in [0.4, 0.5) is 0 Å². The van der Waals surface area contributed by atoms with Crippen LogP contribution >= 0.6 is 11.3 Å². The Kier molecular flexibility index (Phi) is 9.69. The molecule has 3 aromatic heterocycles. The topological polar surface area (TPSA) is 30.7 Å². The van der Waals surface area contributed by atoms with Gasteiger partial charge in [-0.15, -0.1) is 11.3 Å². The first-order chi connectivity index (χ1) is 33.7. The second-order valence-corrected chi connectivity index (χ2v) is 18.4. The van der Waals surface area contributed by atoms with Crippen LogP contribution in [0.2, 0.25) is 0 Å². The van der Waals surface area contributed by atoms with Gasteiger partial charge < -0.3 is 0 Å². The van der Waals surface area contributed by atoms with Gasteiger partial charge in [0.1, 0.15) is 0 Å². The minimum Gasteiger partial charge on any atom is -0.278 e. The Labute approximate surface area is 398 Å². The lowest BCUT2D eigenvalue weighted by Gasteiger charge is -2.15. The van der Waals surface area contributed by atoms with Crippen molar-refractivity contribution in [2.45, 2.75) is 0 Å². The van der Waals surface area contributed by atoms with E-state index in [1.54, 1.807) is 0 Å². The third kappa shape index (κ3) is 6.98. The average molecular weight is 884 g/mol. The zero-order chi connectivity index (χ0) is 45.0. The number of hydrogen-bond donors (Lipinski definition) is 0. The number of para-hydroxylation sites is 1. The maximum atomic E-state index is 5.40. The molecular weight excluding hydrogens is 843 g/mol. The summed E-state index contributed by atoms with van der Waals surface area (Å²) in [4.78, 5) is 10.8. The predicted octanol–water partition coefficient (Wildman–Crippen LogP) is 17.6. The molecule has 0 aliphatic rings. The number of nitrogens with zero attached hydrogens (tertiary/aromatic N) is 3. The molecule has 0 radical (unpaired) electrons. The standard InChI is InChI=1S/C64H41N3S/c1-3-15-42(16-4-1)44-27-31-46(32-28-44)58-41-59(47-33-29-45(30-34-47)43-17-5-2-6-18-43)66-64(65-58)67-60-25-13-11-23-54(60)56-39-48(35-37-61(56)67)50-19-7-9-21-52(50)53-22-10-8-20-51(53)49-36-38-63-57(40-49)55-24-12-14-26-62(55)68-63/h1-41H. The summed E-state index contributed by atoms with van der Waals surface area (Å²) in [7, 11) is 0. The van der Waals surface area contributed by atoms with Gasteiger partial charge in [-0.05, 0) is 98.1 Å². The van der Waals surface area contributed by atoms with Gasteiger partial charge in [0.2, 0.25) is 5.95 Å². The summed E-state index contributed by atoms with van der Waals surface area (Å²) in [5, 5.41) is 4.90. The van der Waals surface area contributed by atoms with Crippen LogP contribution in [0.3, 0.4) is 0 Å². The number of thiophene rings is 1. The van der Waals surface area contributed by atoms with Gasteiger partial charge in [-0.25, -0.2) is 9.97 Å². The molecule has 0 N–H and O–H groups in total. The van der Waals surface area contributed by atoms with Crippen molar-refractivity contribution in [1.29, 1.82) is 0 Å². The molecule has 3 nitrogen and oxygen atoms in total. The summed E-state index contributed by atoms with van der Waals surface area (Å²) in [5.41, 5.74) is 17.7. The molecule has 0 fully saturated rings. The van der Waals surface area contributed by atoms with E-state index < -0.39 is 0 Å². The van der Waals surface area contributed by atoms with Crippen LogP contribution in [0.15, 0.2) is 249 Å². The molecule has 10 aromatic carbocycles. The summed E-state index contributed by atoms with van der Waals surface area (Å²) >= 11 is 1.86. The molecule has 0 aliphatic heterocycles. The Bertz CT molecular complexity index is 3900. The van der Waals surface area contributed by atoms with Crippen molar-refractivity contribution in [3.8, 4) is 84.1 Å². The van der Waals surface area contributed by atoms with Crippen LogP contribution in [0.1, 0.15) is 0 Å². The van der Waals surface area contributed by atoms with Crippen molar-refractivity contribution in [2.24, 2.45) is 0 Å². The van der Waals surface area contributed by atoms with Crippen molar-refractivity contribution in [1.82, 2.24) is 14.5 Å². The molecule has 318 valence electrons. The highest BCUT2D eigenvalue weighted by molar-refractivity contribution is 7.25. The fourth-order valence-electron chi connectivity index (χ4n) is 9.95. The maximum absolute atomic E-state index is 5.40. The monoisotopic (exact) mass is 883 g/mol. The van der Waals surface area contributed by atoms with E-state index in [0.29, 0.717) is 5.95 Å². The molecule has 0 saturated heterocycles. The molecule has 0 saturated carbocycles. The van der Waals surface area contributed by atoms with Crippen LogP contribution < -0.4 is 0 Å². The quantitative estimate of drug-likeness (QED) is 0.152. The van der Waals surface area contributed by atoms with Crippen LogP contribution in [0.5, 0.6) is 0 Å². The molecule has 0 amide bonds. The lowest BCUT2D eigenvalue weighted by Crippen LogP contribution is -2.04. The molecule has 0 aliphatic carbocycles. The molecule has 68 heavy (non-hydrogen) atoms. The van der Waals surface area contributed by atoms with E-state index in [1.807, 2.05) is 11.3 Å². The lowest BCUT2D eigenvalue weighted by atomic mass is 9.89. The Balaban J connectivity index is 0.947. The van der Waals surface area contributed by atoms with E-state index in [0.717, 1.165) is 61.0 Å². The number of rotatable bonds is 8. The van der Waals surface area contributed by atoms with Gasteiger partial charge in [-0.3, -0.25) is 4.57 Å². The molecule has 0 bridgehead atoms. The number of fused-ring (bicyclic) bond motifs is 6. The van der Waals surface area contributed by atoms with E-state index in [9.17, 15) is 0 Å². The Hall–Kier alpha value is -8.70. The van der Waals surface area contributed by atoms with Crippen LogP contribution in [0, 0.1) is 0 Å². The van der Waals surface area contributed by atoms with Crippen molar-refractivity contribution < 1.29 is 0 Å². The fraction of sp³-hybridized carbons (Fsp3) is 0. The first kappa shape index (κ1) is 39.6. The Morgan fingerprint density at radius 3 is 1.28 bits per heavy atom. The number of benzene rings is 10. The smallest absolute Gasteiger partial charge is 0.235 e. The third-order valence-electron chi connectivity index (χ3n) is 13.3. The van der Waals surface area contributed by atoms with Crippen LogP contribution in [-0.2, 0) is 0 Å². The molecule has 0 unspecified atom stereocenters. The van der Waals surface area contributed by atoms with Gasteiger partial charge in [0.05, 0.1) is 22.4 Å². The lowest BCUT2D eigenvalue weighted by molar-refractivity contribution is 0.995. The highest BCUT2D eigenvalue weighted by Gasteiger charge is 2.20. The SMILES string of the molecule is c1ccc(-c2ccc(-c3cc(-c4ccc(-c5ccccc5)cc4)nc(-n4c5ccccc5c5cc(-c6ccccc6-c6ccccc6-c6ccc7sc8ccccc8c7c6)ccc54)n3)cc2)cc1. The van der Waals surface area contributed by atoms with Gasteiger partial charge in [-0.2, -0.15) is 0 Å². The van der Waals surface area contributed by atoms with Crippen molar-refractivity contribution >= 4 is 53.3 Å². The summed E-state index contributed by atoms with van der Waals surface area (Å²) < 4.78 is 4.87. The first-order valence-electron chi connectivity index (χ1n) is 23.1. The van der Waals surface area contributed by atoms with E-state index in [-0.39, 0.29) is 0 Å². The zero-order valence-corrected chi connectivity index (χ0v) is 37.7. The normalized spacial score (nSPS) is 11.5. The molecule has 13 rings (SSSR count). The molecule has 4 heteroatoms. The molecule has 0 atom stereocenters. The second-order valence-electron chi connectivity index (χ2n) is 17.3. The molecular formula is C64H41N3S. The number of hydrogen-bond acceptors (Lipinski definition) is 3. The van der Waals surface area contributed by atoms with E-state index in [2.05, 4.69) is 253 Å². The Morgan fingerprint density at radius 2 is 0.676 bits per heavy atom. The molecule has 0 spiro atoms. The van der Waals surface area contributed by atoms with Gasteiger partial charge in [-0.1, -0.05) is 206 Å². The predicted molar refractivity (Wildman–Crippen MR) is 287 cm³/mol. The van der Waals surface area contributed by atoms with Gasteiger partial charge in [0.15, 0.2) is 0 Å². The zero-order valence-electron chi connectivity index (χ0n) is 36.9. The van der Waals surface area contributed by atoms with E-state index in [4.69, 9.17) is 9.97 Å². The first-order valence-corrected chi connectivity index (χ1v) is 23.9. The van der Waals surface area contributed by atoms with Gasteiger partial charge >= 0.3 is 0 Å². The van der Waals surface area contributed by atoms with Crippen LogP contribution in [-0.4, -0.2) is 14.5 Å². The van der Waals surface area contributed by atoms with Crippen molar-refractivity contribution in [3.63, 3.8) is 0 Å². The van der Waals surface area contributed by atoms with E-state index in [1.165, 1.54) is 59.1 Å². The Morgan fingerprint density at radius 1 is 0.265 bits per heavy atom. The summed E-state index contributed by atoms with van der Waals surface area (Å²) in [6.07, 6.45) is 0. The average Bonchev–Trinajstić information content (AvgIpc) is 3.96. The summed E-state index contributed by atoms with van der Waals surface area (Å²) in [5.74, 6) is 0.625. The third-order valence-corrected chi connectivity index (χ3v) is 14.5. The molecule has 13 aromatic rings. The molecule has 3 heterocycles. The largest absolute Gasteiger partial charge is 0.278 e. The fourth-order valence-corrected chi connectivity index (χ4v) is 11.0. The summed E-state index contributed by atoms with van der Waals surface area (Å²) in [6, 6.07) is 89.4.